The lowest BCUT2D eigenvalue weighted by Crippen LogP contribution is -2.41. The lowest BCUT2D eigenvalue weighted by Gasteiger charge is -2.30. The number of aromatic nitrogens is 1. The van der Waals surface area contributed by atoms with Gasteiger partial charge in [-0.2, -0.15) is 0 Å². The normalized spacial score (nSPS) is 16.0. The third-order valence-electron chi connectivity index (χ3n) is 4.03. The Labute approximate surface area is 146 Å². The molecule has 7 nitrogen and oxygen atoms in total. The maximum Gasteiger partial charge on any atom is 0.226 e. The number of anilines is 1. The second-order valence-electron chi connectivity index (χ2n) is 6.01. The molecule has 0 saturated carbocycles. The first-order chi connectivity index (χ1) is 12.1. The summed E-state index contributed by atoms with van der Waals surface area (Å²) in [6.45, 7) is 6.54. The number of carbonyl (C=O) groups is 1. The Morgan fingerprint density at radius 2 is 2.16 bits per heavy atom. The molecule has 1 atom stereocenters. The van der Waals surface area contributed by atoms with Crippen molar-refractivity contribution in [3.8, 4) is 11.5 Å². The van der Waals surface area contributed by atoms with Gasteiger partial charge in [-0.05, 0) is 25.6 Å². The van der Waals surface area contributed by atoms with Crippen LogP contribution in [0.1, 0.15) is 19.1 Å². The predicted octanol–water partition coefficient (Wildman–Crippen LogP) is 2.47. The van der Waals surface area contributed by atoms with Crippen LogP contribution < -0.4 is 14.8 Å². The van der Waals surface area contributed by atoms with E-state index in [1.54, 1.807) is 13.0 Å². The Hall–Kier alpha value is -2.54. The van der Waals surface area contributed by atoms with E-state index in [1.807, 2.05) is 24.3 Å². The SMILES string of the molecule is CCN(CCC(=O)Nc1cc(C)on1)C[C@H]1COc2ccccc2O1. The molecule has 0 radical (unpaired) electrons. The summed E-state index contributed by atoms with van der Waals surface area (Å²) in [5, 5.41) is 6.49. The summed E-state index contributed by atoms with van der Waals surface area (Å²) < 4.78 is 16.7. The summed E-state index contributed by atoms with van der Waals surface area (Å²) in [5.74, 6) is 2.59. The second-order valence-corrected chi connectivity index (χ2v) is 6.01. The van der Waals surface area contributed by atoms with E-state index >= 15 is 0 Å². The molecule has 1 aliphatic rings. The molecule has 1 aromatic carbocycles. The van der Waals surface area contributed by atoms with Gasteiger partial charge in [0.05, 0.1) is 0 Å². The van der Waals surface area contributed by atoms with E-state index in [0.29, 0.717) is 37.7 Å². The zero-order valence-electron chi connectivity index (χ0n) is 14.5. The van der Waals surface area contributed by atoms with Gasteiger partial charge >= 0.3 is 0 Å². The number of ether oxygens (including phenoxy) is 2. The molecule has 0 unspecified atom stereocenters. The molecule has 3 rings (SSSR count). The maximum atomic E-state index is 12.0. The number of aryl methyl sites for hydroxylation is 1. The van der Waals surface area contributed by atoms with Crippen LogP contribution in [0, 0.1) is 6.92 Å². The van der Waals surface area contributed by atoms with Crippen molar-refractivity contribution in [2.75, 3.05) is 31.6 Å². The number of fused-ring (bicyclic) bond motifs is 1. The van der Waals surface area contributed by atoms with Crippen molar-refractivity contribution in [2.45, 2.75) is 26.4 Å². The molecule has 0 aliphatic carbocycles. The summed E-state index contributed by atoms with van der Waals surface area (Å²) in [7, 11) is 0. The summed E-state index contributed by atoms with van der Waals surface area (Å²) in [6.07, 6.45) is 0.334. The van der Waals surface area contributed by atoms with Crippen LogP contribution in [0.15, 0.2) is 34.9 Å². The van der Waals surface area contributed by atoms with Crippen molar-refractivity contribution < 1.29 is 18.8 Å². The van der Waals surface area contributed by atoms with Crippen molar-refractivity contribution in [2.24, 2.45) is 0 Å². The van der Waals surface area contributed by atoms with E-state index in [1.165, 1.54) is 0 Å². The number of hydrogen-bond acceptors (Lipinski definition) is 6. The molecule has 134 valence electrons. The van der Waals surface area contributed by atoms with Gasteiger partial charge in [-0.3, -0.25) is 9.69 Å². The van der Waals surface area contributed by atoms with E-state index in [0.717, 1.165) is 18.0 Å². The van der Waals surface area contributed by atoms with Gasteiger partial charge in [0.15, 0.2) is 17.3 Å². The third-order valence-corrected chi connectivity index (χ3v) is 4.03. The maximum absolute atomic E-state index is 12.0. The topological polar surface area (TPSA) is 76.8 Å². The van der Waals surface area contributed by atoms with Gasteiger partial charge in [0.25, 0.3) is 0 Å². The number of likely N-dealkylation sites (N-methyl/N-ethyl adjacent to an activating group) is 1. The molecular formula is C18H23N3O4. The van der Waals surface area contributed by atoms with E-state index < -0.39 is 0 Å². The van der Waals surface area contributed by atoms with Gasteiger partial charge in [0, 0.05) is 25.6 Å². The van der Waals surface area contributed by atoms with Gasteiger partial charge in [0.1, 0.15) is 18.5 Å². The first-order valence-electron chi connectivity index (χ1n) is 8.48. The van der Waals surface area contributed by atoms with Crippen LogP contribution in [-0.4, -0.2) is 48.3 Å². The number of nitrogens with zero attached hydrogens (tertiary/aromatic N) is 2. The highest BCUT2D eigenvalue weighted by Crippen LogP contribution is 2.30. The van der Waals surface area contributed by atoms with Gasteiger partial charge in [0.2, 0.25) is 5.91 Å². The molecule has 7 heteroatoms. The Morgan fingerprint density at radius 3 is 2.88 bits per heavy atom. The average Bonchev–Trinajstić information content (AvgIpc) is 3.03. The predicted molar refractivity (Wildman–Crippen MR) is 93.0 cm³/mol. The highest BCUT2D eigenvalue weighted by Gasteiger charge is 2.22. The van der Waals surface area contributed by atoms with Crippen LogP contribution in [0.2, 0.25) is 0 Å². The van der Waals surface area contributed by atoms with E-state index in [9.17, 15) is 4.79 Å². The zero-order valence-corrected chi connectivity index (χ0v) is 14.5. The minimum absolute atomic E-state index is 0.0453. The number of hydrogen-bond donors (Lipinski definition) is 1. The van der Waals surface area contributed by atoms with E-state index in [4.69, 9.17) is 14.0 Å². The largest absolute Gasteiger partial charge is 0.486 e. The summed E-state index contributed by atoms with van der Waals surface area (Å²) >= 11 is 0. The first-order valence-corrected chi connectivity index (χ1v) is 8.48. The number of amides is 1. The van der Waals surface area contributed by atoms with Crippen molar-refractivity contribution in [1.82, 2.24) is 10.1 Å². The molecule has 2 aromatic rings. The first kappa shape index (κ1) is 17.3. The molecule has 0 fully saturated rings. The minimum atomic E-state index is -0.0853. The second kappa shape index (κ2) is 8.02. The van der Waals surface area contributed by atoms with Crippen LogP contribution in [0.25, 0.3) is 0 Å². The fraction of sp³-hybridized carbons (Fsp3) is 0.444. The third kappa shape index (κ3) is 4.73. The Kier molecular flexibility index (Phi) is 5.55. The fourth-order valence-corrected chi connectivity index (χ4v) is 2.71. The highest BCUT2D eigenvalue weighted by molar-refractivity contribution is 5.89. The molecule has 1 amide bonds. The standard InChI is InChI=1S/C18H23N3O4/c1-3-21(9-8-18(22)19-17-10-13(2)25-20-17)11-14-12-23-15-6-4-5-7-16(15)24-14/h4-7,10,14H,3,8-9,11-12H2,1-2H3,(H,19,20,22)/t14-/m0/s1. The smallest absolute Gasteiger partial charge is 0.226 e. The monoisotopic (exact) mass is 345 g/mol. The molecule has 0 bridgehead atoms. The Bertz CT molecular complexity index is 716. The molecule has 25 heavy (non-hydrogen) atoms. The molecule has 1 aromatic heterocycles. The van der Waals surface area contributed by atoms with Crippen LogP contribution in [-0.2, 0) is 4.79 Å². The summed E-state index contributed by atoms with van der Waals surface area (Å²) in [5.41, 5.74) is 0. The molecule has 1 aliphatic heterocycles. The summed E-state index contributed by atoms with van der Waals surface area (Å²) in [6, 6.07) is 9.36. The highest BCUT2D eigenvalue weighted by atomic mass is 16.6. The van der Waals surface area contributed by atoms with Crippen molar-refractivity contribution in [3.63, 3.8) is 0 Å². The van der Waals surface area contributed by atoms with Gasteiger partial charge in [-0.25, -0.2) is 0 Å². The molecule has 1 N–H and O–H groups in total. The van der Waals surface area contributed by atoms with Crippen LogP contribution in [0.4, 0.5) is 5.82 Å². The Balaban J connectivity index is 1.46. The number of para-hydroxylation sites is 2. The van der Waals surface area contributed by atoms with E-state index in [2.05, 4.69) is 22.3 Å². The zero-order chi connectivity index (χ0) is 17.6. The quantitative estimate of drug-likeness (QED) is 0.831. The average molecular weight is 345 g/mol. The molecule has 0 saturated heterocycles. The minimum Gasteiger partial charge on any atom is -0.486 e. The van der Waals surface area contributed by atoms with Crippen LogP contribution >= 0.6 is 0 Å². The summed E-state index contributed by atoms with van der Waals surface area (Å²) in [4.78, 5) is 14.2. The lowest BCUT2D eigenvalue weighted by molar-refractivity contribution is -0.116. The van der Waals surface area contributed by atoms with Crippen molar-refractivity contribution in [1.29, 1.82) is 0 Å². The van der Waals surface area contributed by atoms with Gasteiger partial charge in [-0.15, -0.1) is 0 Å². The van der Waals surface area contributed by atoms with E-state index in [-0.39, 0.29) is 12.0 Å². The number of rotatable bonds is 7. The molecular weight excluding hydrogens is 322 g/mol. The molecule has 2 heterocycles. The number of benzene rings is 1. The lowest BCUT2D eigenvalue weighted by atomic mass is 10.2. The number of nitrogens with one attached hydrogen (secondary N) is 1. The van der Waals surface area contributed by atoms with Crippen LogP contribution in [0.3, 0.4) is 0 Å². The van der Waals surface area contributed by atoms with Gasteiger partial charge < -0.3 is 19.3 Å². The molecule has 0 spiro atoms. The van der Waals surface area contributed by atoms with Crippen molar-refractivity contribution >= 4 is 11.7 Å². The van der Waals surface area contributed by atoms with Gasteiger partial charge in [-0.1, -0.05) is 24.2 Å². The van der Waals surface area contributed by atoms with Crippen molar-refractivity contribution in [3.05, 3.63) is 36.1 Å². The Morgan fingerprint density at radius 1 is 1.36 bits per heavy atom. The number of carbonyl (C=O) groups excluding carboxylic acids is 1. The fourth-order valence-electron chi connectivity index (χ4n) is 2.71. The van der Waals surface area contributed by atoms with Crippen LogP contribution in [0.5, 0.6) is 11.5 Å².